The summed E-state index contributed by atoms with van der Waals surface area (Å²) < 4.78 is 36.8. The molecule has 0 aromatic heterocycles. The smallest absolute Gasteiger partial charge is 0.456 e. The molecule has 2 atom stereocenters. The van der Waals surface area contributed by atoms with Crippen LogP contribution in [-0.4, -0.2) is 27.7 Å². The van der Waals surface area contributed by atoms with Gasteiger partial charge in [-0.1, -0.05) is 43.3 Å². The van der Waals surface area contributed by atoms with Gasteiger partial charge in [0.15, 0.2) is 5.70 Å². The fraction of sp³-hybridized carbons (Fsp3) is 0.214. The van der Waals surface area contributed by atoms with Crippen LogP contribution >= 0.6 is 7.82 Å². The Balaban J connectivity index is 1.68. The van der Waals surface area contributed by atoms with Gasteiger partial charge in [0.05, 0.1) is 4.92 Å². The van der Waals surface area contributed by atoms with Gasteiger partial charge in [-0.15, -0.1) is 0 Å². The lowest BCUT2D eigenvalue weighted by Gasteiger charge is -2.23. The van der Waals surface area contributed by atoms with Crippen molar-refractivity contribution >= 4 is 25.4 Å². The van der Waals surface area contributed by atoms with Gasteiger partial charge in [-0.25, -0.2) is 4.79 Å². The minimum absolute atomic E-state index is 0.0911. The topological polar surface area (TPSA) is 135 Å². The molecule has 1 amide bonds. The third-order valence-electron chi connectivity index (χ3n) is 6.20. The van der Waals surface area contributed by atoms with E-state index in [2.05, 4.69) is 0 Å². The number of carbonyl (C=O) groups excluding carboxylic acids is 2. The molecule has 1 unspecified atom stereocenters. The summed E-state index contributed by atoms with van der Waals surface area (Å²) in [5, 5.41) is 10.9. The van der Waals surface area contributed by atoms with E-state index >= 15 is 0 Å². The van der Waals surface area contributed by atoms with Crippen molar-refractivity contribution in [1.82, 2.24) is 4.90 Å². The van der Waals surface area contributed by atoms with Crippen molar-refractivity contribution in [2.45, 2.75) is 33.4 Å². The molecule has 0 N–H and O–H groups in total. The largest absolute Gasteiger partial charge is 0.646 e. The first-order valence-corrected chi connectivity index (χ1v) is 13.8. The van der Waals surface area contributed by atoms with E-state index in [0.717, 1.165) is 0 Å². The summed E-state index contributed by atoms with van der Waals surface area (Å²) in [5.41, 5.74) is 0.145. The number of ether oxygens (including phenoxy) is 1. The Kier molecular flexibility index (Phi) is 8.55. The van der Waals surface area contributed by atoms with Gasteiger partial charge in [-0.05, 0) is 48.9 Å². The first-order valence-electron chi connectivity index (χ1n) is 12.3. The van der Waals surface area contributed by atoms with Crippen LogP contribution in [0.25, 0.3) is 0 Å². The lowest BCUT2D eigenvalue weighted by atomic mass is 10.0. The number of carbonyl (C=O) groups is 2. The van der Waals surface area contributed by atoms with Crippen molar-refractivity contribution in [3.05, 3.63) is 112 Å². The molecule has 1 aliphatic heterocycles. The predicted octanol–water partition coefficient (Wildman–Crippen LogP) is 6.02. The molecule has 0 radical (unpaired) electrons. The van der Waals surface area contributed by atoms with Gasteiger partial charge in [0, 0.05) is 31.0 Å². The van der Waals surface area contributed by atoms with Crippen LogP contribution in [0.15, 0.2) is 96.4 Å². The molecule has 3 aromatic carbocycles. The molecule has 4 rings (SSSR count). The standard InChI is InChI=1S/C28H27N2O9P/c1-19-20(2)29(21(3)31)26(28(32)36-18-22-14-16-23(17-15-22)30(33)34)27(19)39-40(35,37-24-10-6-4-7-11-24)38-25-12-8-5-9-13-25/h4-17,19-20H,18H2,1-3H3/t19-,20?/m1/s1. The van der Waals surface area contributed by atoms with Crippen molar-refractivity contribution in [3.63, 3.8) is 0 Å². The molecule has 208 valence electrons. The van der Waals surface area contributed by atoms with Gasteiger partial charge in [-0.3, -0.25) is 19.8 Å². The van der Waals surface area contributed by atoms with E-state index < -0.39 is 36.6 Å². The second kappa shape index (κ2) is 12.0. The number of esters is 1. The quantitative estimate of drug-likeness (QED) is 0.125. The minimum atomic E-state index is -4.47. The van der Waals surface area contributed by atoms with Crippen LogP contribution in [0.1, 0.15) is 26.3 Å². The zero-order valence-electron chi connectivity index (χ0n) is 22.0. The number of nitro benzene ring substituents is 1. The minimum Gasteiger partial charge on any atom is -0.456 e. The number of hydrogen-bond donors (Lipinski definition) is 0. The van der Waals surface area contributed by atoms with Crippen LogP contribution in [0.5, 0.6) is 11.5 Å². The maximum Gasteiger partial charge on any atom is 0.646 e. The highest BCUT2D eigenvalue weighted by atomic mass is 31.2. The van der Waals surface area contributed by atoms with Crippen molar-refractivity contribution in [2.75, 3.05) is 0 Å². The fourth-order valence-electron chi connectivity index (χ4n) is 4.08. The lowest BCUT2D eigenvalue weighted by molar-refractivity contribution is -0.384. The third-order valence-corrected chi connectivity index (χ3v) is 7.49. The van der Waals surface area contributed by atoms with E-state index in [0.29, 0.717) is 5.56 Å². The Morgan fingerprint density at radius 2 is 1.40 bits per heavy atom. The van der Waals surface area contributed by atoms with Crippen LogP contribution in [-0.2, 0) is 30.0 Å². The summed E-state index contributed by atoms with van der Waals surface area (Å²) in [5.74, 6) is -1.64. The Morgan fingerprint density at radius 1 is 0.875 bits per heavy atom. The zero-order chi connectivity index (χ0) is 28.9. The first kappa shape index (κ1) is 28.4. The van der Waals surface area contributed by atoms with Gasteiger partial charge in [0.2, 0.25) is 5.91 Å². The van der Waals surface area contributed by atoms with Gasteiger partial charge < -0.3 is 18.3 Å². The fourth-order valence-corrected chi connectivity index (χ4v) is 5.44. The molecule has 40 heavy (non-hydrogen) atoms. The summed E-state index contributed by atoms with van der Waals surface area (Å²) >= 11 is 0. The average molecular weight is 567 g/mol. The number of benzene rings is 3. The van der Waals surface area contributed by atoms with Gasteiger partial charge in [0.1, 0.15) is 23.9 Å². The maximum atomic E-state index is 14.1. The summed E-state index contributed by atoms with van der Waals surface area (Å²) in [7, 11) is -4.47. The molecular weight excluding hydrogens is 539 g/mol. The number of non-ortho nitro benzene ring substituents is 1. The Labute approximate surface area is 230 Å². The highest BCUT2D eigenvalue weighted by molar-refractivity contribution is 7.49. The maximum absolute atomic E-state index is 14.1. The molecule has 0 saturated heterocycles. The van der Waals surface area contributed by atoms with Gasteiger partial charge >= 0.3 is 13.8 Å². The van der Waals surface area contributed by atoms with Crippen molar-refractivity contribution in [2.24, 2.45) is 5.92 Å². The van der Waals surface area contributed by atoms with Crippen LogP contribution in [0.3, 0.4) is 0 Å². The highest BCUT2D eigenvalue weighted by Gasteiger charge is 2.47. The number of nitrogens with zero attached hydrogens (tertiary/aromatic N) is 2. The van der Waals surface area contributed by atoms with Crippen LogP contribution in [0.4, 0.5) is 5.69 Å². The number of phosphoric ester groups is 1. The molecular formula is C28H27N2O9P. The molecule has 0 aliphatic carbocycles. The van der Waals surface area contributed by atoms with Gasteiger partial charge in [0.25, 0.3) is 5.69 Å². The van der Waals surface area contributed by atoms with Crippen molar-refractivity contribution in [3.8, 4) is 11.5 Å². The summed E-state index contributed by atoms with van der Waals surface area (Å²) in [6.07, 6.45) is 0. The Bertz CT molecular complexity index is 1410. The summed E-state index contributed by atoms with van der Waals surface area (Å²) in [4.78, 5) is 37.6. The van der Waals surface area contributed by atoms with E-state index in [1.807, 2.05) is 0 Å². The molecule has 0 fully saturated rings. The number of phosphoric acid groups is 1. The van der Waals surface area contributed by atoms with E-state index in [4.69, 9.17) is 18.3 Å². The molecule has 0 spiro atoms. The SMILES string of the molecule is CC(=O)N1C(C(=O)OCc2ccc([N+](=O)[O-])cc2)=C(OP(=O)(Oc2ccccc2)Oc2ccccc2)[C@H](C)C1C. The highest BCUT2D eigenvalue weighted by Crippen LogP contribution is 2.54. The lowest BCUT2D eigenvalue weighted by Crippen LogP contribution is -2.37. The second-order valence-electron chi connectivity index (χ2n) is 8.98. The van der Waals surface area contributed by atoms with Crippen molar-refractivity contribution in [1.29, 1.82) is 0 Å². The number of nitro groups is 1. The molecule has 1 aliphatic rings. The third kappa shape index (κ3) is 6.50. The van der Waals surface area contributed by atoms with Crippen molar-refractivity contribution < 1.29 is 37.4 Å². The monoisotopic (exact) mass is 566 g/mol. The molecule has 12 heteroatoms. The number of rotatable bonds is 10. The number of amides is 1. The second-order valence-corrected chi connectivity index (χ2v) is 10.4. The normalized spacial score (nSPS) is 16.8. The zero-order valence-corrected chi connectivity index (χ0v) is 22.9. The average Bonchev–Trinajstić information content (AvgIpc) is 3.18. The number of para-hydroxylation sites is 2. The van der Waals surface area contributed by atoms with E-state index in [1.165, 1.54) is 36.1 Å². The van der Waals surface area contributed by atoms with E-state index in [9.17, 15) is 24.3 Å². The molecule has 0 saturated carbocycles. The summed E-state index contributed by atoms with van der Waals surface area (Å²) in [6.45, 7) is 4.48. The molecule has 1 heterocycles. The Hall–Kier alpha value is -4.63. The molecule has 11 nitrogen and oxygen atoms in total. The van der Waals surface area contributed by atoms with Gasteiger partial charge in [-0.2, -0.15) is 4.57 Å². The molecule has 0 bridgehead atoms. The van der Waals surface area contributed by atoms with E-state index in [1.54, 1.807) is 74.5 Å². The van der Waals surface area contributed by atoms with Crippen LogP contribution < -0.4 is 9.05 Å². The predicted molar refractivity (Wildman–Crippen MR) is 144 cm³/mol. The molecule has 3 aromatic rings. The van der Waals surface area contributed by atoms with Crippen LogP contribution in [0.2, 0.25) is 0 Å². The Morgan fingerprint density at radius 3 is 1.88 bits per heavy atom. The first-order chi connectivity index (χ1) is 19.1. The van der Waals surface area contributed by atoms with E-state index in [-0.39, 0.29) is 35.2 Å². The van der Waals surface area contributed by atoms with Crippen LogP contribution in [0, 0.1) is 16.0 Å². The summed E-state index contributed by atoms with van der Waals surface area (Å²) in [6, 6.07) is 21.5. The number of hydrogen-bond acceptors (Lipinski definition) is 9.